The van der Waals surface area contributed by atoms with Gasteiger partial charge in [0, 0.05) is 5.56 Å². The van der Waals surface area contributed by atoms with Crippen LogP contribution in [0.3, 0.4) is 0 Å². The Morgan fingerprint density at radius 3 is 1.81 bits per heavy atom. The van der Waals surface area contributed by atoms with E-state index in [9.17, 15) is 0 Å². The number of anilines is 1. The average Bonchev–Trinajstić information content (AvgIpc) is 2.33. The summed E-state index contributed by atoms with van der Waals surface area (Å²) in [4.78, 5) is 0. The van der Waals surface area contributed by atoms with Crippen LogP contribution in [0.1, 0.15) is 47.1 Å². The van der Waals surface area contributed by atoms with E-state index in [0.717, 1.165) is 11.3 Å². The molecule has 0 saturated carbocycles. The predicted octanol–water partition coefficient (Wildman–Crippen LogP) is 5.21. The van der Waals surface area contributed by atoms with Crippen molar-refractivity contribution in [1.29, 1.82) is 0 Å². The van der Waals surface area contributed by atoms with Crippen molar-refractivity contribution < 1.29 is 4.53 Å². The van der Waals surface area contributed by atoms with Crippen LogP contribution < -0.4 is 5.06 Å². The number of hydrogen-bond donors (Lipinski definition) is 0. The first kappa shape index (κ1) is 17.8. The molecule has 21 heavy (non-hydrogen) atoms. The fourth-order valence-electron chi connectivity index (χ4n) is 1.64. The van der Waals surface area contributed by atoms with Crippen LogP contribution in [0, 0.1) is 12.3 Å². The lowest BCUT2D eigenvalue weighted by atomic mass is 10.1. The summed E-state index contributed by atoms with van der Waals surface area (Å²) in [6.07, 6.45) is 5.43. The highest BCUT2D eigenvalue weighted by Gasteiger charge is 2.41. The number of rotatable bonds is 3. The molecular formula is C18H29NOSi. The smallest absolute Gasteiger partial charge is 0.228 e. The Labute approximate surface area is 131 Å². The summed E-state index contributed by atoms with van der Waals surface area (Å²) >= 11 is 0. The molecule has 0 aliphatic rings. The number of benzene rings is 1. The van der Waals surface area contributed by atoms with Gasteiger partial charge in [-0.05, 0) is 63.2 Å². The molecule has 0 N–H and O–H groups in total. The van der Waals surface area contributed by atoms with Gasteiger partial charge in [0.1, 0.15) is 0 Å². The third-order valence-electron chi connectivity index (χ3n) is 4.00. The standard InChI is InChI=1S/C18H29NOSi/c1-10-15-11-13-16(14-12-15)19(17(2,3)4)20-21(8,9)18(5,6)7/h1,11-14H,2-9H3. The molecule has 0 aliphatic carbocycles. The molecule has 0 bridgehead atoms. The minimum atomic E-state index is -1.90. The lowest BCUT2D eigenvalue weighted by Crippen LogP contribution is -2.52. The van der Waals surface area contributed by atoms with Crippen LogP contribution in [0.2, 0.25) is 18.1 Å². The van der Waals surface area contributed by atoms with Crippen molar-refractivity contribution in [3.05, 3.63) is 29.8 Å². The fraction of sp³-hybridized carbons (Fsp3) is 0.556. The summed E-state index contributed by atoms with van der Waals surface area (Å²) in [5.74, 6) is 2.65. The van der Waals surface area contributed by atoms with Gasteiger partial charge in [-0.3, -0.25) is 5.06 Å². The van der Waals surface area contributed by atoms with Gasteiger partial charge in [0.15, 0.2) is 0 Å². The zero-order chi connectivity index (χ0) is 16.5. The van der Waals surface area contributed by atoms with Gasteiger partial charge in [-0.1, -0.05) is 26.7 Å². The highest BCUT2D eigenvalue weighted by molar-refractivity contribution is 6.74. The zero-order valence-electron chi connectivity index (χ0n) is 14.7. The number of terminal acetylenes is 1. The third-order valence-corrected chi connectivity index (χ3v) is 8.25. The maximum Gasteiger partial charge on any atom is 0.228 e. The van der Waals surface area contributed by atoms with Crippen LogP contribution in [0.15, 0.2) is 24.3 Å². The van der Waals surface area contributed by atoms with E-state index in [1.165, 1.54) is 0 Å². The van der Waals surface area contributed by atoms with Gasteiger partial charge < -0.3 is 4.53 Å². The highest BCUT2D eigenvalue weighted by atomic mass is 28.4. The SMILES string of the molecule is C#Cc1ccc(N(O[Si](C)(C)C(C)(C)C)C(C)(C)C)cc1. The van der Waals surface area contributed by atoms with E-state index in [1.807, 2.05) is 29.3 Å². The summed E-state index contributed by atoms with van der Waals surface area (Å²) in [5.41, 5.74) is 1.82. The molecule has 0 fully saturated rings. The van der Waals surface area contributed by atoms with Crippen LogP contribution in [0.5, 0.6) is 0 Å². The van der Waals surface area contributed by atoms with Gasteiger partial charge in [0.05, 0.1) is 11.2 Å². The molecule has 3 heteroatoms. The summed E-state index contributed by atoms with van der Waals surface area (Å²) < 4.78 is 6.55. The van der Waals surface area contributed by atoms with Gasteiger partial charge in [0.2, 0.25) is 8.32 Å². The molecule has 0 atom stereocenters. The molecule has 0 amide bonds. The second-order valence-electron chi connectivity index (χ2n) is 8.01. The Bertz CT molecular complexity index is 512. The van der Waals surface area contributed by atoms with Gasteiger partial charge in [-0.25, -0.2) is 0 Å². The largest absolute Gasteiger partial charge is 0.319 e. The lowest BCUT2D eigenvalue weighted by Gasteiger charge is -2.45. The molecule has 0 spiro atoms. The van der Waals surface area contributed by atoms with Gasteiger partial charge in [-0.15, -0.1) is 6.42 Å². The van der Waals surface area contributed by atoms with E-state index in [-0.39, 0.29) is 10.6 Å². The Balaban J connectivity index is 3.16. The molecular weight excluding hydrogens is 274 g/mol. The first-order valence-electron chi connectivity index (χ1n) is 7.44. The Hall–Kier alpha value is -1.24. The van der Waals surface area contributed by atoms with Crippen molar-refractivity contribution >= 4 is 14.0 Å². The van der Waals surface area contributed by atoms with E-state index >= 15 is 0 Å². The van der Waals surface area contributed by atoms with Gasteiger partial charge >= 0.3 is 0 Å². The molecule has 0 aromatic heterocycles. The first-order chi connectivity index (χ1) is 9.38. The number of hydrogen-bond acceptors (Lipinski definition) is 2. The van der Waals surface area contributed by atoms with Crippen molar-refractivity contribution in [3.8, 4) is 12.3 Å². The third kappa shape index (κ3) is 4.36. The topological polar surface area (TPSA) is 12.5 Å². The summed E-state index contributed by atoms with van der Waals surface area (Å²) in [5, 5.41) is 2.21. The van der Waals surface area contributed by atoms with Crippen molar-refractivity contribution in [3.63, 3.8) is 0 Å². The highest BCUT2D eigenvalue weighted by Crippen LogP contribution is 2.39. The van der Waals surface area contributed by atoms with Crippen LogP contribution in [0.4, 0.5) is 5.69 Å². The Morgan fingerprint density at radius 1 is 1.00 bits per heavy atom. The summed E-state index contributed by atoms with van der Waals surface area (Å²) in [6, 6.07) is 7.99. The van der Waals surface area contributed by atoms with Crippen LogP contribution in [-0.4, -0.2) is 13.9 Å². The number of nitrogens with zero attached hydrogens (tertiary/aromatic N) is 1. The van der Waals surface area contributed by atoms with Gasteiger partial charge in [-0.2, -0.15) is 0 Å². The molecule has 0 heterocycles. The van der Waals surface area contributed by atoms with Crippen molar-refractivity contribution in [1.82, 2.24) is 0 Å². The minimum absolute atomic E-state index is 0.118. The molecule has 0 aliphatic heterocycles. The van der Waals surface area contributed by atoms with E-state index in [1.54, 1.807) is 0 Å². The molecule has 0 saturated heterocycles. The van der Waals surface area contributed by atoms with E-state index in [0.29, 0.717) is 0 Å². The van der Waals surface area contributed by atoms with Crippen LogP contribution >= 0.6 is 0 Å². The van der Waals surface area contributed by atoms with E-state index in [4.69, 9.17) is 11.0 Å². The quantitative estimate of drug-likeness (QED) is 0.432. The normalized spacial score (nSPS) is 12.9. The molecule has 1 rings (SSSR count). The van der Waals surface area contributed by atoms with Crippen molar-refractivity contribution in [2.45, 2.75) is 65.2 Å². The van der Waals surface area contributed by atoms with E-state index in [2.05, 4.69) is 60.6 Å². The monoisotopic (exact) mass is 303 g/mol. The molecule has 1 aromatic carbocycles. The average molecular weight is 304 g/mol. The van der Waals surface area contributed by atoms with Crippen molar-refractivity contribution in [2.75, 3.05) is 5.06 Å². The minimum Gasteiger partial charge on any atom is -0.319 e. The summed E-state index contributed by atoms with van der Waals surface area (Å²) in [7, 11) is -1.90. The first-order valence-corrected chi connectivity index (χ1v) is 10.4. The molecule has 116 valence electrons. The van der Waals surface area contributed by atoms with E-state index < -0.39 is 8.32 Å². The fourth-order valence-corrected chi connectivity index (χ4v) is 2.74. The Kier molecular flexibility index (Phi) is 4.97. The molecule has 0 radical (unpaired) electrons. The number of hydroxylamine groups is 1. The van der Waals surface area contributed by atoms with Crippen LogP contribution in [-0.2, 0) is 4.53 Å². The molecule has 2 nitrogen and oxygen atoms in total. The lowest BCUT2D eigenvalue weighted by molar-refractivity contribution is 0.185. The zero-order valence-corrected chi connectivity index (χ0v) is 15.7. The van der Waals surface area contributed by atoms with Crippen molar-refractivity contribution in [2.24, 2.45) is 0 Å². The second-order valence-corrected chi connectivity index (χ2v) is 12.7. The van der Waals surface area contributed by atoms with Gasteiger partial charge in [0.25, 0.3) is 0 Å². The predicted molar refractivity (Wildman–Crippen MR) is 94.9 cm³/mol. The maximum atomic E-state index is 6.55. The second kappa shape index (κ2) is 5.86. The Morgan fingerprint density at radius 2 is 1.48 bits per heavy atom. The molecule has 0 unspecified atom stereocenters. The van der Waals surface area contributed by atoms with Crippen LogP contribution in [0.25, 0.3) is 0 Å². The summed E-state index contributed by atoms with van der Waals surface area (Å²) in [6.45, 7) is 17.8. The molecule has 1 aromatic rings. The maximum absolute atomic E-state index is 6.55.